The topological polar surface area (TPSA) is 17.8 Å². The second kappa shape index (κ2) is 3.85. The number of imidazole rings is 1. The van der Waals surface area contributed by atoms with Crippen molar-refractivity contribution < 1.29 is 0 Å². The smallest absolute Gasteiger partial charge is 0.109 e. The van der Waals surface area contributed by atoms with Crippen molar-refractivity contribution >= 4 is 11.8 Å². The van der Waals surface area contributed by atoms with Crippen molar-refractivity contribution in [2.24, 2.45) is 5.92 Å². The van der Waals surface area contributed by atoms with Crippen molar-refractivity contribution in [3.63, 3.8) is 0 Å². The van der Waals surface area contributed by atoms with Crippen molar-refractivity contribution in [3.8, 4) is 0 Å². The summed E-state index contributed by atoms with van der Waals surface area (Å²) in [7, 11) is 0. The molecule has 3 heteroatoms. The number of rotatable bonds is 1. The molecule has 0 amide bonds. The molecular formula is C12H18N2S. The Morgan fingerprint density at radius 1 is 1.47 bits per heavy atom. The highest BCUT2D eigenvalue weighted by Gasteiger charge is 2.23. The highest BCUT2D eigenvalue weighted by molar-refractivity contribution is 7.99. The molecule has 0 N–H and O–H groups in total. The van der Waals surface area contributed by atoms with Crippen LogP contribution in [0.15, 0.2) is 6.20 Å². The van der Waals surface area contributed by atoms with Crippen LogP contribution in [0.3, 0.4) is 0 Å². The SMILES string of the molecule is CC1CCn2cc(C3CCSC3)nc2C1. The minimum Gasteiger partial charge on any atom is -0.335 e. The van der Waals surface area contributed by atoms with Crippen LogP contribution in [-0.2, 0) is 13.0 Å². The Labute approximate surface area is 95.5 Å². The zero-order chi connectivity index (χ0) is 10.3. The lowest BCUT2D eigenvalue weighted by Gasteiger charge is -2.18. The molecule has 2 nitrogen and oxygen atoms in total. The zero-order valence-corrected chi connectivity index (χ0v) is 10.1. The molecule has 0 saturated carbocycles. The van der Waals surface area contributed by atoms with E-state index in [2.05, 4.69) is 29.4 Å². The fraction of sp³-hybridized carbons (Fsp3) is 0.750. The van der Waals surface area contributed by atoms with Gasteiger partial charge >= 0.3 is 0 Å². The van der Waals surface area contributed by atoms with Gasteiger partial charge in [0.2, 0.25) is 0 Å². The summed E-state index contributed by atoms with van der Waals surface area (Å²) in [6.07, 6.45) is 6.15. The number of fused-ring (bicyclic) bond motifs is 1. The molecule has 1 aromatic rings. The minimum absolute atomic E-state index is 0.739. The van der Waals surface area contributed by atoms with Crippen molar-refractivity contribution in [1.82, 2.24) is 9.55 Å². The van der Waals surface area contributed by atoms with E-state index in [-0.39, 0.29) is 0 Å². The third-order valence-corrected chi connectivity index (χ3v) is 4.78. The third kappa shape index (κ3) is 1.82. The molecule has 2 aliphatic rings. The van der Waals surface area contributed by atoms with Gasteiger partial charge < -0.3 is 4.57 Å². The molecule has 2 aliphatic heterocycles. The first-order chi connectivity index (χ1) is 7.33. The molecule has 0 aliphatic carbocycles. The van der Waals surface area contributed by atoms with Gasteiger partial charge in [0.25, 0.3) is 0 Å². The van der Waals surface area contributed by atoms with E-state index in [1.807, 2.05) is 0 Å². The lowest BCUT2D eigenvalue weighted by Crippen LogP contribution is -2.16. The van der Waals surface area contributed by atoms with Gasteiger partial charge in [-0.25, -0.2) is 4.98 Å². The Balaban J connectivity index is 1.85. The second-order valence-corrected chi connectivity index (χ2v) is 6.08. The van der Waals surface area contributed by atoms with Crippen LogP contribution in [0, 0.1) is 5.92 Å². The lowest BCUT2D eigenvalue weighted by molar-refractivity contribution is 0.409. The maximum Gasteiger partial charge on any atom is 0.109 e. The van der Waals surface area contributed by atoms with Crippen molar-refractivity contribution in [2.75, 3.05) is 11.5 Å². The number of thioether (sulfide) groups is 1. The molecule has 3 rings (SSSR count). The molecule has 15 heavy (non-hydrogen) atoms. The van der Waals surface area contributed by atoms with E-state index < -0.39 is 0 Å². The summed E-state index contributed by atoms with van der Waals surface area (Å²) in [5.41, 5.74) is 1.36. The lowest BCUT2D eigenvalue weighted by atomic mass is 10.0. The fourth-order valence-corrected chi connectivity index (χ4v) is 3.81. The Morgan fingerprint density at radius 2 is 2.40 bits per heavy atom. The van der Waals surface area contributed by atoms with E-state index in [1.54, 1.807) is 0 Å². The van der Waals surface area contributed by atoms with Crippen LogP contribution in [-0.4, -0.2) is 21.1 Å². The summed E-state index contributed by atoms with van der Waals surface area (Å²) in [6.45, 7) is 3.52. The normalized spacial score (nSPS) is 30.5. The molecular weight excluding hydrogens is 204 g/mol. The summed E-state index contributed by atoms with van der Waals surface area (Å²) in [6, 6.07) is 0. The van der Waals surface area contributed by atoms with Crippen LogP contribution < -0.4 is 0 Å². The molecule has 82 valence electrons. The van der Waals surface area contributed by atoms with Crippen LogP contribution >= 0.6 is 11.8 Å². The number of hydrogen-bond donors (Lipinski definition) is 0. The van der Waals surface area contributed by atoms with Gasteiger partial charge in [0.1, 0.15) is 5.82 Å². The van der Waals surface area contributed by atoms with Crippen LogP contribution in [0.5, 0.6) is 0 Å². The summed E-state index contributed by atoms with van der Waals surface area (Å²) >= 11 is 2.07. The maximum absolute atomic E-state index is 4.83. The predicted molar refractivity (Wildman–Crippen MR) is 64.4 cm³/mol. The number of nitrogens with zero attached hydrogens (tertiary/aromatic N) is 2. The first-order valence-electron chi connectivity index (χ1n) is 5.96. The van der Waals surface area contributed by atoms with Crippen LogP contribution in [0.2, 0.25) is 0 Å². The highest BCUT2D eigenvalue weighted by Crippen LogP contribution is 2.32. The van der Waals surface area contributed by atoms with Crippen molar-refractivity contribution in [1.29, 1.82) is 0 Å². The van der Waals surface area contributed by atoms with E-state index in [9.17, 15) is 0 Å². The molecule has 0 bridgehead atoms. The Hall–Kier alpha value is -0.440. The van der Waals surface area contributed by atoms with Gasteiger partial charge in [-0.3, -0.25) is 0 Å². The van der Waals surface area contributed by atoms with Crippen molar-refractivity contribution in [2.45, 2.75) is 38.6 Å². The van der Waals surface area contributed by atoms with Gasteiger partial charge in [-0.1, -0.05) is 6.92 Å². The molecule has 0 aromatic carbocycles. The van der Waals surface area contributed by atoms with E-state index in [1.165, 1.54) is 48.8 Å². The number of aromatic nitrogens is 2. The van der Waals surface area contributed by atoms with Crippen LogP contribution in [0.4, 0.5) is 0 Å². The zero-order valence-electron chi connectivity index (χ0n) is 9.28. The quantitative estimate of drug-likeness (QED) is 0.727. The van der Waals surface area contributed by atoms with E-state index in [4.69, 9.17) is 4.98 Å². The molecule has 2 unspecified atom stereocenters. The molecule has 1 saturated heterocycles. The highest BCUT2D eigenvalue weighted by atomic mass is 32.2. The van der Waals surface area contributed by atoms with Crippen LogP contribution in [0.1, 0.15) is 37.2 Å². The Morgan fingerprint density at radius 3 is 3.20 bits per heavy atom. The second-order valence-electron chi connectivity index (χ2n) is 4.93. The molecule has 1 aromatic heterocycles. The average Bonchev–Trinajstić information content (AvgIpc) is 2.84. The van der Waals surface area contributed by atoms with Gasteiger partial charge in [0.15, 0.2) is 0 Å². The molecule has 0 spiro atoms. The minimum atomic E-state index is 0.739. The Kier molecular flexibility index (Phi) is 2.51. The van der Waals surface area contributed by atoms with E-state index >= 15 is 0 Å². The predicted octanol–water partition coefficient (Wildman–Crippen LogP) is 2.69. The van der Waals surface area contributed by atoms with E-state index in [0.29, 0.717) is 0 Å². The summed E-state index contributed by atoms with van der Waals surface area (Å²) < 4.78 is 2.39. The summed E-state index contributed by atoms with van der Waals surface area (Å²) in [4.78, 5) is 4.83. The van der Waals surface area contributed by atoms with Crippen molar-refractivity contribution in [3.05, 3.63) is 17.7 Å². The summed E-state index contributed by atoms with van der Waals surface area (Å²) in [5.74, 6) is 5.50. The first-order valence-corrected chi connectivity index (χ1v) is 7.12. The summed E-state index contributed by atoms with van der Waals surface area (Å²) in [5, 5.41) is 0. The monoisotopic (exact) mass is 222 g/mol. The van der Waals surface area contributed by atoms with Gasteiger partial charge in [0.05, 0.1) is 5.69 Å². The fourth-order valence-electron chi connectivity index (χ4n) is 2.57. The standard InChI is InChI=1S/C12H18N2S/c1-9-2-4-14-7-11(13-12(14)6-9)10-3-5-15-8-10/h7,9-10H,2-6,8H2,1H3. The Bertz CT molecular complexity index is 353. The molecule has 2 atom stereocenters. The molecule has 3 heterocycles. The van der Waals surface area contributed by atoms with Gasteiger partial charge in [-0.2, -0.15) is 11.8 Å². The first kappa shape index (κ1) is 9.76. The third-order valence-electron chi connectivity index (χ3n) is 3.62. The molecule has 0 radical (unpaired) electrons. The number of hydrogen-bond acceptors (Lipinski definition) is 2. The van der Waals surface area contributed by atoms with Crippen LogP contribution in [0.25, 0.3) is 0 Å². The number of aryl methyl sites for hydroxylation is 1. The molecule has 1 fully saturated rings. The maximum atomic E-state index is 4.83. The van der Waals surface area contributed by atoms with E-state index in [0.717, 1.165) is 11.8 Å². The average molecular weight is 222 g/mol. The van der Waals surface area contributed by atoms with Gasteiger partial charge in [0, 0.05) is 30.8 Å². The van der Waals surface area contributed by atoms with Gasteiger partial charge in [-0.15, -0.1) is 0 Å². The van der Waals surface area contributed by atoms with Gasteiger partial charge in [-0.05, 0) is 24.5 Å². The largest absolute Gasteiger partial charge is 0.335 e.